The molecule has 11 heteroatoms. The number of aromatic nitrogens is 2. The molecule has 10 nitrogen and oxygen atoms in total. The Kier molecular flexibility index (Phi) is 8.34. The quantitative estimate of drug-likeness (QED) is 0.333. The maximum atomic E-state index is 13.0. The summed E-state index contributed by atoms with van der Waals surface area (Å²) < 4.78 is 11.6. The predicted molar refractivity (Wildman–Crippen MR) is 148 cm³/mol. The van der Waals surface area contributed by atoms with E-state index in [1.165, 1.54) is 11.3 Å². The van der Waals surface area contributed by atoms with Gasteiger partial charge in [0.25, 0.3) is 5.91 Å². The molecule has 0 atom stereocenters. The summed E-state index contributed by atoms with van der Waals surface area (Å²) in [6.07, 6.45) is 5.48. The van der Waals surface area contributed by atoms with Crippen LogP contribution < -0.4 is 30.9 Å². The van der Waals surface area contributed by atoms with Gasteiger partial charge in [-0.3, -0.25) is 9.78 Å². The van der Waals surface area contributed by atoms with Crippen molar-refractivity contribution in [2.75, 3.05) is 73.9 Å². The zero-order chi connectivity index (χ0) is 25.5. The van der Waals surface area contributed by atoms with Gasteiger partial charge in [0.05, 0.1) is 29.9 Å². The molecule has 4 N–H and O–H groups in total. The molecule has 2 aromatic heterocycles. The Morgan fingerprint density at radius 1 is 1.22 bits per heavy atom. The summed E-state index contributed by atoms with van der Waals surface area (Å²) in [6.45, 7) is 5.83. The number of hydrogen-bond donors (Lipinski definition) is 4. The van der Waals surface area contributed by atoms with Crippen molar-refractivity contribution in [1.82, 2.24) is 15.3 Å². The van der Waals surface area contributed by atoms with E-state index >= 15 is 0 Å². The highest BCUT2D eigenvalue weighted by atomic mass is 32.1. The molecule has 5 rings (SSSR count). The highest BCUT2D eigenvalue weighted by molar-refractivity contribution is 7.14. The molecular weight excluding hydrogens is 490 g/mol. The third-order valence-corrected chi connectivity index (χ3v) is 7.33. The Bertz CT molecular complexity index is 1190. The average molecular weight is 524 g/mol. The fourth-order valence-electron chi connectivity index (χ4n) is 4.54. The molecule has 2 saturated heterocycles. The van der Waals surface area contributed by atoms with E-state index in [4.69, 9.17) is 9.47 Å². The summed E-state index contributed by atoms with van der Waals surface area (Å²) in [7, 11) is 1.87. The fraction of sp³-hybridized carbons (Fsp3) is 0.423. The number of nitrogens with zero attached hydrogens (tertiary/aromatic N) is 3. The number of amides is 1. The molecule has 196 valence electrons. The average Bonchev–Trinajstić information content (AvgIpc) is 3.42. The fourth-order valence-corrected chi connectivity index (χ4v) is 5.24. The first-order valence-electron chi connectivity index (χ1n) is 12.7. The minimum Gasteiger partial charge on any atom is -0.491 e. The second kappa shape index (κ2) is 12.2. The summed E-state index contributed by atoms with van der Waals surface area (Å²) in [5.41, 5.74) is 3.69. The Hall–Kier alpha value is -3.41. The van der Waals surface area contributed by atoms with Gasteiger partial charge < -0.3 is 35.6 Å². The maximum Gasteiger partial charge on any atom is 0.275 e. The zero-order valence-electron chi connectivity index (χ0n) is 21.0. The number of ether oxygens (including phenoxy) is 2. The lowest BCUT2D eigenvalue weighted by Gasteiger charge is -2.30. The Morgan fingerprint density at radius 3 is 2.86 bits per heavy atom. The van der Waals surface area contributed by atoms with Crippen molar-refractivity contribution in [3.05, 3.63) is 47.7 Å². The first-order valence-corrected chi connectivity index (χ1v) is 13.5. The first-order chi connectivity index (χ1) is 18.2. The summed E-state index contributed by atoms with van der Waals surface area (Å²) >= 11 is 1.38. The van der Waals surface area contributed by atoms with Gasteiger partial charge in [0.2, 0.25) is 0 Å². The number of pyridine rings is 1. The van der Waals surface area contributed by atoms with Gasteiger partial charge in [-0.2, -0.15) is 0 Å². The molecule has 1 amide bonds. The van der Waals surface area contributed by atoms with Gasteiger partial charge in [-0.25, -0.2) is 4.98 Å². The van der Waals surface area contributed by atoms with E-state index in [2.05, 4.69) is 36.1 Å². The minimum atomic E-state index is -0.268. The molecule has 0 saturated carbocycles. The molecule has 0 aliphatic carbocycles. The van der Waals surface area contributed by atoms with Crippen molar-refractivity contribution in [2.45, 2.75) is 12.8 Å². The second-order valence-corrected chi connectivity index (χ2v) is 9.90. The van der Waals surface area contributed by atoms with Crippen LogP contribution >= 0.6 is 11.3 Å². The Morgan fingerprint density at radius 2 is 2.05 bits per heavy atom. The number of carbonyl (C=O) groups is 1. The summed E-state index contributed by atoms with van der Waals surface area (Å²) in [4.78, 5) is 24.0. The van der Waals surface area contributed by atoms with Crippen LogP contribution in [0.1, 0.15) is 23.3 Å². The van der Waals surface area contributed by atoms with Gasteiger partial charge in [-0.15, -0.1) is 11.3 Å². The van der Waals surface area contributed by atoms with Gasteiger partial charge in [0.1, 0.15) is 17.1 Å². The minimum absolute atomic E-state index is 0.268. The smallest absolute Gasteiger partial charge is 0.275 e. The zero-order valence-corrected chi connectivity index (χ0v) is 21.8. The SMILES string of the molecule is CNc1c(Nc2nc(C(=O)Nc3cnccc3N3CCNCC3)cs2)cccc1OCC1CCOCC1. The number of hydrogen-bond acceptors (Lipinski definition) is 10. The molecule has 2 aliphatic heterocycles. The van der Waals surface area contributed by atoms with E-state index < -0.39 is 0 Å². The van der Waals surface area contributed by atoms with Gasteiger partial charge in [-0.1, -0.05) is 6.07 Å². The van der Waals surface area contributed by atoms with Crippen LogP contribution in [0.15, 0.2) is 42.0 Å². The van der Waals surface area contributed by atoms with Gasteiger partial charge in [0, 0.05) is 58.0 Å². The van der Waals surface area contributed by atoms with Crippen LogP contribution in [0, 0.1) is 5.92 Å². The van der Waals surface area contributed by atoms with Crippen LogP contribution in [0.5, 0.6) is 5.75 Å². The van der Waals surface area contributed by atoms with Gasteiger partial charge in [0.15, 0.2) is 5.13 Å². The number of carbonyl (C=O) groups excluding carboxylic acids is 1. The van der Waals surface area contributed by atoms with Gasteiger partial charge >= 0.3 is 0 Å². The normalized spacial score (nSPS) is 16.3. The summed E-state index contributed by atoms with van der Waals surface area (Å²) in [5.74, 6) is 1.02. The standard InChI is InChI=1S/C26H33N7O3S/c1-27-24-19(3-2-4-23(24)36-16-18-6-13-35-14-7-18)31-26-32-21(17-37-26)25(34)30-20-15-29-8-5-22(20)33-11-9-28-10-12-33/h2-5,8,15,17-18,27-28H,6-7,9-14,16H2,1H3,(H,30,34)(H,31,32). The van der Waals surface area contributed by atoms with Crippen molar-refractivity contribution in [3.8, 4) is 5.75 Å². The lowest BCUT2D eigenvalue weighted by molar-refractivity contribution is 0.0499. The molecule has 2 fully saturated rings. The van der Waals surface area contributed by atoms with Crippen molar-refractivity contribution >= 4 is 45.1 Å². The monoisotopic (exact) mass is 523 g/mol. The Labute approximate surface area is 220 Å². The molecular formula is C26H33N7O3S. The third-order valence-electron chi connectivity index (χ3n) is 6.57. The lowest BCUT2D eigenvalue weighted by atomic mass is 10.0. The van der Waals surface area contributed by atoms with Crippen LogP contribution in [0.2, 0.25) is 0 Å². The van der Waals surface area contributed by atoms with E-state index in [1.807, 2.05) is 31.3 Å². The maximum absolute atomic E-state index is 13.0. The molecule has 0 spiro atoms. The van der Waals surface area contributed by atoms with Crippen LogP contribution in [0.25, 0.3) is 0 Å². The second-order valence-electron chi connectivity index (χ2n) is 9.04. The number of rotatable bonds is 9. The highest BCUT2D eigenvalue weighted by Gasteiger charge is 2.19. The van der Waals surface area contributed by atoms with Gasteiger partial charge in [-0.05, 0) is 37.0 Å². The summed E-state index contributed by atoms with van der Waals surface area (Å²) in [5, 5.41) is 15.3. The number of piperazine rings is 1. The van der Waals surface area contributed by atoms with E-state index in [-0.39, 0.29) is 5.91 Å². The number of anilines is 5. The van der Waals surface area contributed by atoms with Crippen LogP contribution in [-0.2, 0) is 4.74 Å². The molecule has 1 aromatic carbocycles. The summed E-state index contributed by atoms with van der Waals surface area (Å²) in [6, 6.07) is 7.81. The lowest BCUT2D eigenvalue weighted by Crippen LogP contribution is -2.43. The molecule has 37 heavy (non-hydrogen) atoms. The van der Waals surface area contributed by atoms with Crippen LogP contribution in [-0.4, -0.2) is 68.9 Å². The van der Waals surface area contributed by atoms with E-state index in [9.17, 15) is 4.79 Å². The number of nitrogens with one attached hydrogen (secondary N) is 4. The van der Waals surface area contributed by atoms with Crippen molar-refractivity contribution in [2.24, 2.45) is 5.92 Å². The van der Waals surface area contributed by atoms with E-state index in [1.54, 1.807) is 17.8 Å². The third kappa shape index (κ3) is 6.30. The number of para-hydroxylation sites is 1. The molecule has 0 radical (unpaired) electrons. The predicted octanol–water partition coefficient (Wildman–Crippen LogP) is 3.79. The van der Waals surface area contributed by atoms with Crippen LogP contribution in [0.3, 0.4) is 0 Å². The van der Waals surface area contributed by atoms with Crippen molar-refractivity contribution < 1.29 is 14.3 Å². The molecule has 0 bridgehead atoms. The highest BCUT2D eigenvalue weighted by Crippen LogP contribution is 2.35. The largest absolute Gasteiger partial charge is 0.491 e. The van der Waals surface area contributed by atoms with Crippen molar-refractivity contribution in [3.63, 3.8) is 0 Å². The topological polar surface area (TPSA) is 113 Å². The van der Waals surface area contributed by atoms with E-state index in [0.29, 0.717) is 29.0 Å². The molecule has 3 aromatic rings. The number of benzene rings is 1. The Balaban J connectivity index is 1.25. The van der Waals surface area contributed by atoms with Crippen molar-refractivity contribution in [1.29, 1.82) is 0 Å². The van der Waals surface area contributed by atoms with E-state index in [0.717, 1.165) is 75.0 Å². The number of thiazole rings is 1. The van der Waals surface area contributed by atoms with Crippen LogP contribution in [0.4, 0.5) is 27.9 Å². The molecule has 4 heterocycles. The molecule has 2 aliphatic rings. The molecule has 0 unspecified atom stereocenters. The first kappa shape index (κ1) is 25.2.